The van der Waals surface area contributed by atoms with Crippen molar-refractivity contribution in [3.8, 4) is 0 Å². The predicted molar refractivity (Wildman–Crippen MR) is 63.6 cm³/mol. The number of ether oxygens (including phenoxy) is 1. The minimum Gasteiger partial charge on any atom is -0.378 e. The minimum absolute atomic E-state index is 0.0242. The molecule has 0 aliphatic carbocycles. The van der Waals surface area contributed by atoms with Gasteiger partial charge in [0.25, 0.3) is 0 Å². The van der Waals surface area contributed by atoms with E-state index in [2.05, 4.69) is 0 Å². The van der Waals surface area contributed by atoms with Crippen molar-refractivity contribution in [3.05, 3.63) is 34.6 Å². The Morgan fingerprint density at radius 2 is 2.35 bits per heavy atom. The van der Waals surface area contributed by atoms with Crippen molar-refractivity contribution in [2.75, 3.05) is 6.61 Å². The second-order valence-corrected chi connectivity index (χ2v) is 4.73. The molecule has 0 N–H and O–H groups in total. The molecule has 2 rings (SSSR count). The van der Waals surface area contributed by atoms with Gasteiger partial charge in [-0.25, -0.2) is 4.39 Å². The topological polar surface area (TPSA) is 26.3 Å². The summed E-state index contributed by atoms with van der Waals surface area (Å²) in [7, 11) is 0. The third-order valence-electron chi connectivity index (χ3n) is 3.19. The monoisotopic (exact) mass is 256 g/mol. The standard InChI is InChI=1S/C13H14ClFO2/c1-8-10(5-6-17-8)12(16)7-9-3-2-4-11(14)13(9)15/h2-4,8,10H,5-7H2,1H3. The van der Waals surface area contributed by atoms with E-state index >= 15 is 0 Å². The highest BCUT2D eigenvalue weighted by molar-refractivity contribution is 6.30. The number of halogens is 2. The summed E-state index contributed by atoms with van der Waals surface area (Å²) in [6, 6.07) is 4.73. The van der Waals surface area contributed by atoms with Crippen LogP contribution in [0.1, 0.15) is 18.9 Å². The summed E-state index contributed by atoms with van der Waals surface area (Å²) in [6.07, 6.45) is 0.747. The second kappa shape index (κ2) is 5.15. The Kier molecular flexibility index (Phi) is 3.79. The highest BCUT2D eigenvalue weighted by Crippen LogP contribution is 2.25. The first-order chi connectivity index (χ1) is 8.09. The average Bonchev–Trinajstić information content (AvgIpc) is 2.71. The van der Waals surface area contributed by atoms with Gasteiger partial charge < -0.3 is 4.74 Å². The minimum atomic E-state index is -0.492. The molecule has 0 radical (unpaired) electrons. The first kappa shape index (κ1) is 12.5. The zero-order valence-corrected chi connectivity index (χ0v) is 10.3. The van der Waals surface area contributed by atoms with Crippen LogP contribution in [-0.2, 0) is 16.0 Å². The van der Waals surface area contributed by atoms with Crippen LogP contribution in [-0.4, -0.2) is 18.5 Å². The summed E-state index contributed by atoms with van der Waals surface area (Å²) in [5.41, 5.74) is 0.363. The highest BCUT2D eigenvalue weighted by Gasteiger charge is 2.30. The molecule has 1 aliphatic rings. The number of Topliss-reactive ketones (excluding diaryl/α,β-unsaturated/α-hetero) is 1. The van der Waals surface area contributed by atoms with E-state index in [1.54, 1.807) is 12.1 Å². The summed E-state index contributed by atoms with van der Waals surface area (Å²) in [4.78, 5) is 12.0. The maximum absolute atomic E-state index is 13.6. The van der Waals surface area contributed by atoms with E-state index in [0.29, 0.717) is 12.2 Å². The van der Waals surface area contributed by atoms with Crippen molar-refractivity contribution >= 4 is 17.4 Å². The van der Waals surface area contributed by atoms with Gasteiger partial charge in [-0.2, -0.15) is 0 Å². The SMILES string of the molecule is CC1OCCC1C(=O)Cc1cccc(Cl)c1F. The van der Waals surface area contributed by atoms with Gasteiger partial charge in [-0.15, -0.1) is 0 Å². The molecule has 0 aromatic heterocycles. The van der Waals surface area contributed by atoms with Crippen molar-refractivity contribution in [1.82, 2.24) is 0 Å². The molecule has 0 amide bonds. The molecule has 0 bridgehead atoms. The Hall–Kier alpha value is -0.930. The Morgan fingerprint density at radius 3 is 3.00 bits per heavy atom. The summed E-state index contributed by atoms with van der Waals surface area (Å²) in [6.45, 7) is 2.49. The zero-order valence-electron chi connectivity index (χ0n) is 9.58. The number of hydrogen-bond donors (Lipinski definition) is 0. The third-order valence-corrected chi connectivity index (χ3v) is 3.48. The van der Waals surface area contributed by atoms with E-state index < -0.39 is 5.82 Å². The first-order valence-electron chi connectivity index (χ1n) is 5.67. The number of carbonyl (C=O) groups excluding carboxylic acids is 1. The van der Waals surface area contributed by atoms with Crippen LogP contribution < -0.4 is 0 Å². The van der Waals surface area contributed by atoms with Crippen LogP contribution in [0.15, 0.2) is 18.2 Å². The van der Waals surface area contributed by atoms with Gasteiger partial charge in [-0.1, -0.05) is 23.7 Å². The molecule has 2 nitrogen and oxygen atoms in total. The van der Waals surface area contributed by atoms with Gasteiger partial charge in [0.15, 0.2) is 0 Å². The molecule has 1 aromatic rings. The lowest BCUT2D eigenvalue weighted by atomic mass is 9.93. The largest absolute Gasteiger partial charge is 0.378 e. The van der Waals surface area contributed by atoms with Gasteiger partial charge in [0, 0.05) is 18.9 Å². The van der Waals surface area contributed by atoms with Gasteiger partial charge >= 0.3 is 0 Å². The number of ketones is 1. The van der Waals surface area contributed by atoms with E-state index in [-0.39, 0.29) is 29.2 Å². The number of hydrogen-bond acceptors (Lipinski definition) is 2. The van der Waals surface area contributed by atoms with E-state index in [1.807, 2.05) is 6.92 Å². The summed E-state index contributed by atoms with van der Waals surface area (Å²) in [5.74, 6) is -0.585. The summed E-state index contributed by atoms with van der Waals surface area (Å²) >= 11 is 5.67. The Labute approximate surface area is 105 Å². The lowest BCUT2D eigenvalue weighted by Gasteiger charge is -2.13. The lowest BCUT2D eigenvalue weighted by Crippen LogP contribution is -2.23. The van der Waals surface area contributed by atoms with Crippen LogP contribution in [0.4, 0.5) is 4.39 Å². The van der Waals surface area contributed by atoms with Gasteiger partial charge in [0.05, 0.1) is 11.1 Å². The van der Waals surface area contributed by atoms with E-state index in [1.165, 1.54) is 6.07 Å². The normalized spacial score (nSPS) is 23.9. The molecule has 4 heteroatoms. The highest BCUT2D eigenvalue weighted by atomic mass is 35.5. The van der Waals surface area contributed by atoms with Crippen LogP contribution >= 0.6 is 11.6 Å². The fourth-order valence-electron chi connectivity index (χ4n) is 2.16. The second-order valence-electron chi connectivity index (χ2n) is 4.33. The molecular formula is C13H14ClFO2. The average molecular weight is 257 g/mol. The van der Waals surface area contributed by atoms with Gasteiger partial charge in [0.2, 0.25) is 0 Å². The third kappa shape index (κ3) is 2.67. The Balaban J connectivity index is 2.10. The number of rotatable bonds is 3. The van der Waals surface area contributed by atoms with Crippen molar-refractivity contribution < 1.29 is 13.9 Å². The van der Waals surface area contributed by atoms with Crippen molar-refractivity contribution in [1.29, 1.82) is 0 Å². The van der Waals surface area contributed by atoms with Crippen molar-refractivity contribution in [2.45, 2.75) is 25.9 Å². The number of carbonyl (C=O) groups is 1. The van der Waals surface area contributed by atoms with Crippen LogP contribution in [0.2, 0.25) is 5.02 Å². The van der Waals surface area contributed by atoms with Gasteiger partial charge in [0.1, 0.15) is 11.6 Å². The molecule has 92 valence electrons. The van der Waals surface area contributed by atoms with Crippen LogP contribution in [0.25, 0.3) is 0 Å². The van der Waals surface area contributed by atoms with E-state index in [9.17, 15) is 9.18 Å². The van der Waals surface area contributed by atoms with E-state index in [0.717, 1.165) is 6.42 Å². The maximum Gasteiger partial charge on any atom is 0.145 e. The van der Waals surface area contributed by atoms with Crippen molar-refractivity contribution in [2.24, 2.45) is 5.92 Å². The van der Waals surface area contributed by atoms with Crippen molar-refractivity contribution in [3.63, 3.8) is 0 Å². The molecule has 0 spiro atoms. The number of benzene rings is 1. The fraction of sp³-hybridized carbons (Fsp3) is 0.462. The van der Waals surface area contributed by atoms with Gasteiger partial charge in [-0.3, -0.25) is 4.79 Å². The van der Waals surface area contributed by atoms with E-state index in [4.69, 9.17) is 16.3 Å². The molecule has 1 aliphatic heterocycles. The first-order valence-corrected chi connectivity index (χ1v) is 6.04. The molecule has 17 heavy (non-hydrogen) atoms. The molecule has 2 atom stereocenters. The molecule has 2 unspecified atom stereocenters. The summed E-state index contributed by atoms with van der Waals surface area (Å²) < 4.78 is 19.0. The molecule has 0 saturated carbocycles. The molecule has 1 saturated heterocycles. The molecule has 1 fully saturated rings. The maximum atomic E-state index is 13.6. The van der Waals surface area contributed by atoms with Gasteiger partial charge in [-0.05, 0) is 25.0 Å². The van der Waals surface area contributed by atoms with Crippen LogP contribution in [0.5, 0.6) is 0 Å². The smallest absolute Gasteiger partial charge is 0.145 e. The van der Waals surface area contributed by atoms with Crippen LogP contribution in [0.3, 0.4) is 0 Å². The fourth-order valence-corrected chi connectivity index (χ4v) is 2.35. The predicted octanol–water partition coefficient (Wildman–Crippen LogP) is 3.02. The Morgan fingerprint density at radius 1 is 1.59 bits per heavy atom. The summed E-state index contributed by atoms with van der Waals surface area (Å²) in [5, 5.41) is 0.0611. The van der Waals surface area contributed by atoms with Crippen LogP contribution in [0, 0.1) is 11.7 Å². The molecular weight excluding hydrogens is 243 g/mol. The Bertz CT molecular complexity index is 433. The zero-order chi connectivity index (χ0) is 12.4. The molecule has 1 heterocycles. The molecule has 1 aromatic carbocycles. The quantitative estimate of drug-likeness (QED) is 0.831. The lowest BCUT2D eigenvalue weighted by molar-refractivity contribution is -0.123.